The Bertz CT molecular complexity index is 525. The first-order valence-corrected chi connectivity index (χ1v) is 5.69. The first-order valence-electron chi connectivity index (χ1n) is 5.69. The van der Waals surface area contributed by atoms with E-state index < -0.39 is 0 Å². The normalized spacial score (nSPS) is 18.9. The van der Waals surface area contributed by atoms with Crippen molar-refractivity contribution >= 4 is 11.6 Å². The molecule has 94 valence electrons. The van der Waals surface area contributed by atoms with Gasteiger partial charge in [-0.2, -0.15) is 0 Å². The summed E-state index contributed by atoms with van der Waals surface area (Å²) in [6.07, 6.45) is 0.370. The molecule has 0 saturated carbocycles. The average molecular weight is 248 g/mol. The zero-order valence-electron chi connectivity index (χ0n) is 10.0. The number of nitrogens with zero attached hydrogens (tertiary/aromatic N) is 4. The highest BCUT2D eigenvalue weighted by molar-refractivity contribution is 5.95. The maximum Gasteiger partial charge on any atom is 0.227 e. The number of halogens is 1. The monoisotopic (exact) mass is 248 g/mol. The lowest BCUT2D eigenvalue weighted by Crippen LogP contribution is -2.24. The number of anilines is 1. The van der Waals surface area contributed by atoms with E-state index >= 15 is 0 Å². The Morgan fingerprint density at radius 2 is 2.39 bits per heavy atom. The van der Waals surface area contributed by atoms with E-state index in [2.05, 4.69) is 10.0 Å². The molecule has 1 amide bonds. The number of benzene rings is 1. The summed E-state index contributed by atoms with van der Waals surface area (Å²) < 4.78 is 13.2. The quantitative estimate of drug-likeness (QED) is 0.460. The highest BCUT2D eigenvalue weighted by Gasteiger charge is 2.30. The van der Waals surface area contributed by atoms with Crippen LogP contribution >= 0.6 is 0 Å². The molecular formula is C12H13FN4O. The molecule has 0 bridgehead atoms. The van der Waals surface area contributed by atoms with E-state index in [0.717, 1.165) is 0 Å². The molecule has 0 N–H and O–H groups in total. The fourth-order valence-electron chi connectivity index (χ4n) is 2.10. The fourth-order valence-corrected chi connectivity index (χ4v) is 2.10. The van der Waals surface area contributed by atoms with Crippen molar-refractivity contribution in [2.75, 3.05) is 18.0 Å². The van der Waals surface area contributed by atoms with Crippen LogP contribution < -0.4 is 4.90 Å². The fraction of sp³-hybridized carbons (Fsp3) is 0.417. The predicted octanol–water partition coefficient (Wildman–Crippen LogP) is 2.80. The Labute approximate surface area is 104 Å². The number of hydrogen-bond donors (Lipinski definition) is 0. The second-order valence-electron chi connectivity index (χ2n) is 4.42. The maximum atomic E-state index is 13.2. The molecule has 6 heteroatoms. The standard InChI is InChI=1S/C12H13FN4O/c1-8-4-10(2-3-11(8)13)17-7-9(5-12(17)18)6-15-16-14/h2-4,9H,5-7H2,1H3. The van der Waals surface area contributed by atoms with E-state index in [1.165, 1.54) is 6.07 Å². The van der Waals surface area contributed by atoms with Crippen LogP contribution in [0.4, 0.5) is 10.1 Å². The Morgan fingerprint density at radius 1 is 1.61 bits per heavy atom. The van der Waals surface area contributed by atoms with Crippen molar-refractivity contribution in [1.82, 2.24) is 0 Å². The van der Waals surface area contributed by atoms with Gasteiger partial charge in [-0.05, 0) is 42.1 Å². The topological polar surface area (TPSA) is 69.1 Å². The van der Waals surface area contributed by atoms with Gasteiger partial charge in [0.05, 0.1) is 0 Å². The number of amides is 1. The molecule has 1 atom stereocenters. The number of rotatable bonds is 3. The van der Waals surface area contributed by atoms with Crippen molar-refractivity contribution in [1.29, 1.82) is 0 Å². The lowest BCUT2D eigenvalue weighted by Gasteiger charge is -2.17. The van der Waals surface area contributed by atoms with Crippen molar-refractivity contribution in [2.45, 2.75) is 13.3 Å². The van der Waals surface area contributed by atoms with Gasteiger partial charge >= 0.3 is 0 Å². The van der Waals surface area contributed by atoms with E-state index in [9.17, 15) is 9.18 Å². The molecule has 0 aliphatic carbocycles. The minimum atomic E-state index is -0.281. The smallest absolute Gasteiger partial charge is 0.227 e. The Morgan fingerprint density at radius 3 is 3.06 bits per heavy atom. The van der Waals surface area contributed by atoms with Crippen LogP contribution in [0.2, 0.25) is 0 Å². The third-order valence-corrected chi connectivity index (χ3v) is 3.06. The van der Waals surface area contributed by atoms with E-state index in [-0.39, 0.29) is 17.6 Å². The molecule has 1 heterocycles. The average Bonchev–Trinajstić information content (AvgIpc) is 2.71. The van der Waals surface area contributed by atoms with Crippen LogP contribution in [-0.4, -0.2) is 19.0 Å². The molecular weight excluding hydrogens is 235 g/mol. The van der Waals surface area contributed by atoms with Gasteiger partial charge in [-0.15, -0.1) is 0 Å². The largest absolute Gasteiger partial charge is 0.312 e. The predicted molar refractivity (Wildman–Crippen MR) is 65.6 cm³/mol. The second-order valence-corrected chi connectivity index (χ2v) is 4.42. The molecule has 1 aliphatic heterocycles. The van der Waals surface area contributed by atoms with E-state index in [1.54, 1.807) is 24.0 Å². The number of hydrogen-bond acceptors (Lipinski definition) is 2. The summed E-state index contributed by atoms with van der Waals surface area (Å²) >= 11 is 0. The molecule has 1 saturated heterocycles. The number of carbonyl (C=O) groups is 1. The minimum Gasteiger partial charge on any atom is -0.312 e. The Hall–Kier alpha value is -2.07. The highest BCUT2D eigenvalue weighted by atomic mass is 19.1. The molecule has 0 radical (unpaired) electrons. The van der Waals surface area contributed by atoms with Crippen molar-refractivity contribution in [2.24, 2.45) is 11.0 Å². The first-order chi connectivity index (χ1) is 8.61. The molecule has 1 unspecified atom stereocenters. The van der Waals surface area contributed by atoms with Gasteiger partial charge in [0.2, 0.25) is 5.91 Å². The van der Waals surface area contributed by atoms with E-state index in [4.69, 9.17) is 5.53 Å². The molecule has 0 aromatic heterocycles. The van der Waals surface area contributed by atoms with Gasteiger partial charge in [-0.25, -0.2) is 4.39 Å². The van der Waals surface area contributed by atoms with Crippen LogP contribution in [0.3, 0.4) is 0 Å². The summed E-state index contributed by atoms with van der Waals surface area (Å²) in [4.78, 5) is 16.2. The summed E-state index contributed by atoms with van der Waals surface area (Å²) in [6.45, 7) is 2.50. The lowest BCUT2D eigenvalue weighted by molar-refractivity contribution is -0.117. The molecule has 1 aliphatic rings. The SMILES string of the molecule is Cc1cc(N2CC(CN=[N+]=[N-])CC2=O)ccc1F. The Balaban J connectivity index is 2.16. The van der Waals surface area contributed by atoms with Crippen molar-refractivity contribution in [3.63, 3.8) is 0 Å². The number of azide groups is 1. The van der Waals surface area contributed by atoms with Gasteiger partial charge in [-0.1, -0.05) is 5.11 Å². The molecule has 1 aromatic rings. The van der Waals surface area contributed by atoms with Gasteiger partial charge < -0.3 is 4.90 Å². The molecule has 5 nitrogen and oxygen atoms in total. The van der Waals surface area contributed by atoms with Crippen LogP contribution in [0.25, 0.3) is 10.4 Å². The summed E-state index contributed by atoms with van der Waals surface area (Å²) in [5.74, 6) is -0.256. The van der Waals surface area contributed by atoms with Gasteiger partial charge in [0, 0.05) is 30.1 Å². The molecule has 2 rings (SSSR count). The minimum absolute atomic E-state index is 0.0147. The van der Waals surface area contributed by atoms with Crippen LogP contribution in [0.5, 0.6) is 0 Å². The third kappa shape index (κ3) is 2.43. The highest BCUT2D eigenvalue weighted by Crippen LogP contribution is 2.26. The van der Waals surface area contributed by atoms with Crippen LogP contribution in [0.1, 0.15) is 12.0 Å². The summed E-state index contributed by atoms with van der Waals surface area (Å²) in [7, 11) is 0. The van der Waals surface area contributed by atoms with Crippen LogP contribution in [0.15, 0.2) is 23.3 Å². The zero-order chi connectivity index (χ0) is 13.1. The molecule has 1 fully saturated rings. The second kappa shape index (κ2) is 5.06. The van der Waals surface area contributed by atoms with Crippen molar-refractivity contribution in [3.8, 4) is 0 Å². The van der Waals surface area contributed by atoms with Crippen molar-refractivity contribution < 1.29 is 9.18 Å². The summed E-state index contributed by atoms with van der Waals surface area (Å²) in [5.41, 5.74) is 9.47. The van der Waals surface area contributed by atoms with Gasteiger partial charge in [-0.3, -0.25) is 4.79 Å². The van der Waals surface area contributed by atoms with E-state index in [0.29, 0.717) is 30.8 Å². The summed E-state index contributed by atoms with van der Waals surface area (Å²) in [5, 5.41) is 3.49. The van der Waals surface area contributed by atoms with Crippen LogP contribution in [-0.2, 0) is 4.79 Å². The lowest BCUT2D eigenvalue weighted by atomic mass is 10.1. The number of aryl methyl sites for hydroxylation is 1. The summed E-state index contributed by atoms with van der Waals surface area (Å²) in [6, 6.07) is 4.61. The molecule has 0 spiro atoms. The van der Waals surface area contributed by atoms with E-state index in [1.807, 2.05) is 0 Å². The van der Waals surface area contributed by atoms with Crippen molar-refractivity contribution in [3.05, 3.63) is 40.0 Å². The third-order valence-electron chi connectivity index (χ3n) is 3.06. The van der Waals surface area contributed by atoms with Crippen LogP contribution in [0, 0.1) is 18.7 Å². The maximum absolute atomic E-state index is 13.2. The first kappa shape index (κ1) is 12.4. The zero-order valence-corrected chi connectivity index (χ0v) is 10.0. The van der Waals surface area contributed by atoms with Gasteiger partial charge in [0.15, 0.2) is 0 Å². The molecule has 18 heavy (non-hydrogen) atoms. The molecule has 1 aromatic carbocycles. The van der Waals surface area contributed by atoms with Gasteiger partial charge in [0.1, 0.15) is 5.82 Å². The number of carbonyl (C=O) groups excluding carboxylic acids is 1. The Kier molecular flexibility index (Phi) is 3.48. The van der Waals surface area contributed by atoms with Gasteiger partial charge in [0.25, 0.3) is 0 Å².